The topological polar surface area (TPSA) is 76.2 Å². The van der Waals surface area contributed by atoms with Crippen molar-refractivity contribution in [2.45, 2.75) is 12.3 Å². The van der Waals surface area contributed by atoms with Crippen LogP contribution in [0.4, 0.5) is 0 Å². The third kappa shape index (κ3) is 2.78. The first-order valence-corrected chi connectivity index (χ1v) is 5.96. The zero-order chi connectivity index (χ0) is 13.1. The van der Waals surface area contributed by atoms with Gasteiger partial charge < -0.3 is 10.8 Å². The molecule has 0 saturated carbocycles. The van der Waals surface area contributed by atoms with E-state index in [4.69, 9.17) is 22.4 Å². The van der Waals surface area contributed by atoms with E-state index in [0.29, 0.717) is 10.7 Å². The molecule has 94 valence electrons. The molecule has 3 N–H and O–H groups in total. The molecule has 0 bridgehead atoms. The van der Waals surface area contributed by atoms with Gasteiger partial charge in [0.2, 0.25) is 0 Å². The number of pyridine rings is 1. The Balaban J connectivity index is 2.39. The van der Waals surface area contributed by atoms with E-state index in [0.717, 1.165) is 10.9 Å². The van der Waals surface area contributed by atoms with Gasteiger partial charge in [0.25, 0.3) is 0 Å². The summed E-state index contributed by atoms with van der Waals surface area (Å²) in [7, 11) is 0. The van der Waals surface area contributed by atoms with Crippen LogP contribution in [-0.4, -0.2) is 22.6 Å². The molecule has 1 unspecified atom stereocenters. The van der Waals surface area contributed by atoms with Gasteiger partial charge in [-0.3, -0.25) is 9.78 Å². The molecule has 4 nitrogen and oxygen atoms in total. The highest BCUT2D eigenvalue weighted by Gasteiger charge is 2.15. The molecule has 0 amide bonds. The summed E-state index contributed by atoms with van der Waals surface area (Å²) in [5.74, 6) is -1.13. The van der Waals surface area contributed by atoms with Crippen molar-refractivity contribution >= 4 is 28.5 Å². The molecule has 0 fully saturated rings. The maximum Gasteiger partial charge on any atom is 0.304 e. The van der Waals surface area contributed by atoms with Crippen LogP contribution >= 0.6 is 11.6 Å². The highest BCUT2D eigenvalue weighted by atomic mass is 35.5. The molecule has 2 aromatic rings. The van der Waals surface area contributed by atoms with Crippen LogP contribution in [0.5, 0.6) is 0 Å². The Bertz CT molecular complexity index is 586. The first-order valence-electron chi connectivity index (χ1n) is 5.58. The quantitative estimate of drug-likeness (QED) is 0.889. The van der Waals surface area contributed by atoms with E-state index in [2.05, 4.69) is 4.98 Å². The Hall–Kier alpha value is -1.65. The van der Waals surface area contributed by atoms with Gasteiger partial charge in [-0.05, 0) is 24.3 Å². The molecule has 2 rings (SSSR count). The molecule has 0 saturated heterocycles. The fourth-order valence-electron chi connectivity index (χ4n) is 1.86. The zero-order valence-electron chi connectivity index (χ0n) is 9.64. The lowest BCUT2D eigenvalue weighted by atomic mass is 10.0. The molecule has 18 heavy (non-hydrogen) atoms. The van der Waals surface area contributed by atoms with E-state index < -0.39 is 5.97 Å². The van der Waals surface area contributed by atoms with Crippen LogP contribution in [0, 0.1) is 0 Å². The Morgan fingerprint density at radius 1 is 1.39 bits per heavy atom. The number of benzene rings is 1. The number of nitrogens with two attached hydrogens (primary N) is 1. The van der Waals surface area contributed by atoms with Gasteiger partial charge in [0.15, 0.2) is 0 Å². The largest absolute Gasteiger partial charge is 0.481 e. The SMILES string of the molecule is NCC(CC(=O)O)c1ccc2cc(Cl)ccc2n1. The molecule has 0 spiro atoms. The van der Waals surface area contributed by atoms with E-state index in [1.807, 2.05) is 18.2 Å². The standard InChI is InChI=1S/C13H13ClN2O2/c14-10-2-4-11-8(5-10)1-3-12(16-11)9(7-15)6-13(17)18/h1-5,9H,6-7,15H2,(H,17,18). The first-order chi connectivity index (χ1) is 8.60. The Morgan fingerprint density at radius 3 is 2.83 bits per heavy atom. The number of aliphatic carboxylic acids is 1. The second kappa shape index (κ2) is 5.33. The van der Waals surface area contributed by atoms with Crippen LogP contribution in [0.2, 0.25) is 5.02 Å². The van der Waals surface area contributed by atoms with Crippen LogP contribution in [-0.2, 0) is 4.79 Å². The molecule has 1 heterocycles. The van der Waals surface area contributed by atoms with Crippen LogP contribution in [0.3, 0.4) is 0 Å². The maximum atomic E-state index is 10.7. The smallest absolute Gasteiger partial charge is 0.304 e. The molecule has 5 heteroatoms. The van der Waals surface area contributed by atoms with E-state index in [-0.39, 0.29) is 18.9 Å². The highest BCUT2D eigenvalue weighted by Crippen LogP contribution is 2.22. The third-order valence-electron chi connectivity index (χ3n) is 2.80. The molecule has 0 aliphatic heterocycles. The van der Waals surface area contributed by atoms with Gasteiger partial charge in [0, 0.05) is 28.6 Å². The molecule has 0 aliphatic carbocycles. The summed E-state index contributed by atoms with van der Waals surface area (Å²) in [6.07, 6.45) is -0.0113. The average molecular weight is 265 g/mol. The minimum atomic E-state index is -0.872. The molecule has 0 radical (unpaired) electrons. The Kier molecular flexibility index (Phi) is 3.79. The maximum absolute atomic E-state index is 10.7. The van der Waals surface area contributed by atoms with Crippen molar-refractivity contribution in [3.05, 3.63) is 41.0 Å². The molecule has 1 aromatic heterocycles. The number of hydrogen-bond donors (Lipinski definition) is 2. The van der Waals surface area contributed by atoms with Crippen LogP contribution < -0.4 is 5.73 Å². The summed E-state index contributed by atoms with van der Waals surface area (Å²) >= 11 is 5.89. The van der Waals surface area contributed by atoms with E-state index in [1.165, 1.54) is 0 Å². The summed E-state index contributed by atoms with van der Waals surface area (Å²) in [6, 6.07) is 9.08. The number of carbonyl (C=O) groups is 1. The number of nitrogens with zero attached hydrogens (tertiary/aromatic N) is 1. The predicted molar refractivity (Wildman–Crippen MR) is 70.8 cm³/mol. The molecular weight excluding hydrogens is 252 g/mol. The van der Waals surface area contributed by atoms with Crippen LogP contribution in [0.25, 0.3) is 10.9 Å². The van der Waals surface area contributed by atoms with Gasteiger partial charge in [-0.15, -0.1) is 0 Å². The van der Waals surface area contributed by atoms with Gasteiger partial charge in [0.1, 0.15) is 0 Å². The number of carboxylic acids is 1. The van der Waals surface area contributed by atoms with Crippen molar-refractivity contribution in [2.24, 2.45) is 5.73 Å². The van der Waals surface area contributed by atoms with Crippen molar-refractivity contribution in [1.82, 2.24) is 4.98 Å². The summed E-state index contributed by atoms with van der Waals surface area (Å²) < 4.78 is 0. The van der Waals surface area contributed by atoms with Gasteiger partial charge >= 0.3 is 5.97 Å². The number of fused-ring (bicyclic) bond motifs is 1. The number of aromatic nitrogens is 1. The summed E-state index contributed by atoms with van der Waals surface area (Å²) in [5, 5.41) is 10.4. The number of halogens is 1. The zero-order valence-corrected chi connectivity index (χ0v) is 10.4. The fraction of sp³-hybridized carbons (Fsp3) is 0.231. The second-order valence-corrected chi connectivity index (χ2v) is 4.54. The van der Waals surface area contributed by atoms with E-state index >= 15 is 0 Å². The van der Waals surface area contributed by atoms with Crippen molar-refractivity contribution in [2.75, 3.05) is 6.54 Å². The minimum Gasteiger partial charge on any atom is -0.481 e. The molecule has 1 atom stereocenters. The van der Waals surface area contributed by atoms with Crippen LogP contribution in [0.1, 0.15) is 18.0 Å². The van der Waals surface area contributed by atoms with Gasteiger partial charge in [0.05, 0.1) is 11.9 Å². The third-order valence-corrected chi connectivity index (χ3v) is 3.03. The molecular formula is C13H13ClN2O2. The number of hydrogen-bond acceptors (Lipinski definition) is 3. The Labute approximate surface area is 109 Å². The van der Waals surface area contributed by atoms with Crippen LogP contribution in [0.15, 0.2) is 30.3 Å². The molecule has 1 aromatic carbocycles. The second-order valence-electron chi connectivity index (χ2n) is 4.10. The van der Waals surface area contributed by atoms with E-state index in [9.17, 15) is 4.79 Å². The summed E-state index contributed by atoms with van der Waals surface area (Å²) in [5.41, 5.74) is 7.09. The lowest BCUT2D eigenvalue weighted by Gasteiger charge is -2.12. The normalized spacial score (nSPS) is 12.6. The Morgan fingerprint density at radius 2 is 2.17 bits per heavy atom. The lowest BCUT2D eigenvalue weighted by molar-refractivity contribution is -0.137. The monoisotopic (exact) mass is 264 g/mol. The predicted octanol–water partition coefficient (Wildman–Crippen LogP) is 2.41. The lowest BCUT2D eigenvalue weighted by Crippen LogP contribution is -2.17. The van der Waals surface area contributed by atoms with Gasteiger partial charge in [-0.25, -0.2) is 0 Å². The number of carboxylic acid groups (broad SMARTS) is 1. The number of rotatable bonds is 4. The van der Waals surface area contributed by atoms with Crippen molar-refractivity contribution in [3.63, 3.8) is 0 Å². The average Bonchev–Trinajstić information content (AvgIpc) is 2.35. The first kappa shape index (κ1) is 12.8. The van der Waals surface area contributed by atoms with Crippen molar-refractivity contribution in [1.29, 1.82) is 0 Å². The summed E-state index contributed by atoms with van der Waals surface area (Å²) in [4.78, 5) is 15.2. The highest BCUT2D eigenvalue weighted by molar-refractivity contribution is 6.31. The minimum absolute atomic E-state index is 0.0113. The van der Waals surface area contributed by atoms with Gasteiger partial charge in [-0.1, -0.05) is 17.7 Å². The van der Waals surface area contributed by atoms with Gasteiger partial charge in [-0.2, -0.15) is 0 Å². The van der Waals surface area contributed by atoms with E-state index in [1.54, 1.807) is 12.1 Å². The fourth-order valence-corrected chi connectivity index (χ4v) is 2.04. The van der Waals surface area contributed by atoms with Crippen molar-refractivity contribution in [3.8, 4) is 0 Å². The van der Waals surface area contributed by atoms with Crippen molar-refractivity contribution < 1.29 is 9.90 Å². The summed E-state index contributed by atoms with van der Waals surface area (Å²) in [6.45, 7) is 0.262. The molecule has 0 aliphatic rings.